The van der Waals surface area contributed by atoms with Crippen LogP contribution in [0.3, 0.4) is 0 Å². The van der Waals surface area contributed by atoms with Gasteiger partial charge in [-0.25, -0.2) is 9.59 Å². The van der Waals surface area contributed by atoms with Crippen LogP contribution in [-0.2, 0) is 19.1 Å². The monoisotopic (exact) mass is 332 g/mol. The SMILES string of the molecule is COC(=O)C(C)NCCCC[C@H](NC(=O)OC(C)(C)C)C(=O)O. The summed E-state index contributed by atoms with van der Waals surface area (Å²) in [6, 6.07) is -1.40. The van der Waals surface area contributed by atoms with Crippen LogP contribution in [0.1, 0.15) is 47.0 Å². The van der Waals surface area contributed by atoms with Gasteiger partial charge in [0.15, 0.2) is 0 Å². The second-order valence-electron chi connectivity index (χ2n) is 6.23. The van der Waals surface area contributed by atoms with E-state index in [1.165, 1.54) is 7.11 Å². The molecular weight excluding hydrogens is 304 g/mol. The first-order valence-electron chi connectivity index (χ1n) is 7.60. The highest BCUT2D eigenvalue weighted by atomic mass is 16.6. The van der Waals surface area contributed by atoms with Crippen LogP contribution in [0.25, 0.3) is 0 Å². The molecule has 134 valence electrons. The number of carbonyl (C=O) groups is 3. The quantitative estimate of drug-likeness (QED) is 0.430. The Kier molecular flexibility index (Phi) is 9.24. The number of hydrogen-bond acceptors (Lipinski definition) is 6. The van der Waals surface area contributed by atoms with Crippen LogP contribution in [0.4, 0.5) is 4.79 Å². The number of alkyl carbamates (subject to hydrolysis) is 1. The zero-order valence-electron chi connectivity index (χ0n) is 14.5. The molecule has 0 aromatic rings. The number of nitrogens with one attached hydrogen (secondary N) is 2. The van der Waals surface area contributed by atoms with Crippen molar-refractivity contribution >= 4 is 18.0 Å². The summed E-state index contributed by atoms with van der Waals surface area (Å²) in [5, 5.41) is 14.4. The number of hydrogen-bond donors (Lipinski definition) is 3. The molecule has 0 aliphatic rings. The highest BCUT2D eigenvalue weighted by Gasteiger charge is 2.23. The minimum absolute atomic E-state index is 0.281. The molecule has 2 atom stereocenters. The normalized spacial score (nSPS) is 13.8. The fourth-order valence-corrected chi connectivity index (χ4v) is 1.76. The number of carboxylic acid groups (broad SMARTS) is 1. The Morgan fingerprint density at radius 3 is 2.26 bits per heavy atom. The second-order valence-corrected chi connectivity index (χ2v) is 6.23. The molecule has 23 heavy (non-hydrogen) atoms. The lowest BCUT2D eigenvalue weighted by Crippen LogP contribution is -2.43. The number of amides is 1. The maximum atomic E-state index is 11.6. The van der Waals surface area contributed by atoms with Crippen LogP contribution in [0.2, 0.25) is 0 Å². The number of esters is 1. The zero-order chi connectivity index (χ0) is 18.0. The largest absolute Gasteiger partial charge is 0.480 e. The van der Waals surface area contributed by atoms with Gasteiger partial charge in [0.2, 0.25) is 0 Å². The Morgan fingerprint density at radius 1 is 1.17 bits per heavy atom. The predicted octanol–water partition coefficient (Wildman–Crippen LogP) is 1.29. The first-order valence-corrected chi connectivity index (χ1v) is 7.60. The van der Waals surface area contributed by atoms with Crippen molar-refractivity contribution in [2.24, 2.45) is 0 Å². The topological polar surface area (TPSA) is 114 Å². The maximum Gasteiger partial charge on any atom is 0.408 e. The predicted molar refractivity (Wildman–Crippen MR) is 84.1 cm³/mol. The minimum atomic E-state index is -1.10. The Labute approximate surface area is 136 Å². The minimum Gasteiger partial charge on any atom is -0.480 e. The van der Waals surface area contributed by atoms with Crippen molar-refractivity contribution < 1.29 is 29.0 Å². The van der Waals surface area contributed by atoms with Crippen molar-refractivity contribution in [3.05, 3.63) is 0 Å². The molecule has 0 rings (SSSR count). The number of carbonyl (C=O) groups excluding carboxylic acids is 2. The molecule has 0 spiro atoms. The van der Waals surface area contributed by atoms with Gasteiger partial charge in [0, 0.05) is 0 Å². The Hall–Kier alpha value is -1.83. The van der Waals surface area contributed by atoms with Gasteiger partial charge in [-0.2, -0.15) is 0 Å². The molecule has 8 nitrogen and oxygen atoms in total. The summed E-state index contributed by atoms with van der Waals surface area (Å²) in [6.07, 6.45) is 0.778. The smallest absolute Gasteiger partial charge is 0.408 e. The number of rotatable bonds is 9. The molecule has 0 aromatic heterocycles. The molecule has 0 aromatic carbocycles. The van der Waals surface area contributed by atoms with E-state index in [0.29, 0.717) is 19.4 Å². The van der Waals surface area contributed by atoms with Gasteiger partial charge in [-0.3, -0.25) is 4.79 Å². The molecular formula is C15H28N2O6. The number of unbranched alkanes of at least 4 members (excludes halogenated alkanes) is 1. The van der Waals surface area contributed by atoms with Gasteiger partial charge in [0.25, 0.3) is 0 Å². The third kappa shape index (κ3) is 10.5. The van der Waals surface area contributed by atoms with Gasteiger partial charge in [-0.1, -0.05) is 0 Å². The summed E-state index contributed by atoms with van der Waals surface area (Å²) in [6.45, 7) is 7.36. The van der Waals surface area contributed by atoms with E-state index in [-0.39, 0.29) is 12.4 Å². The van der Waals surface area contributed by atoms with Crippen molar-refractivity contribution in [3.8, 4) is 0 Å². The van der Waals surface area contributed by atoms with Gasteiger partial charge in [0.1, 0.15) is 17.7 Å². The highest BCUT2D eigenvalue weighted by Crippen LogP contribution is 2.08. The average molecular weight is 332 g/mol. The van der Waals surface area contributed by atoms with Crippen molar-refractivity contribution in [3.63, 3.8) is 0 Å². The van der Waals surface area contributed by atoms with Gasteiger partial charge < -0.3 is 25.2 Å². The molecule has 0 heterocycles. The Balaban J connectivity index is 4.09. The summed E-state index contributed by atoms with van der Waals surface area (Å²) in [5.74, 6) is -1.45. The van der Waals surface area contributed by atoms with Crippen LogP contribution in [0.15, 0.2) is 0 Å². The molecule has 0 saturated carbocycles. The molecule has 8 heteroatoms. The van der Waals surface area contributed by atoms with Crippen molar-refractivity contribution in [1.29, 1.82) is 0 Å². The lowest BCUT2D eigenvalue weighted by molar-refractivity contribution is -0.142. The number of aliphatic carboxylic acids is 1. The highest BCUT2D eigenvalue weighted by molar-refractivity contribution is 5.79. The average Bonchev–Trinajstić information content (AvgIpc) is 2.42. The van der Waals surface area contributed by atoms with E-state index in [4.69, 9.17) is 9.84 Å². The van der Waals surface area contributed by atoms with E-state index in [9.17, 15) is 14.4 Å². The van der Waals surface area contributed by atoms with E-state index in [2.05, 4.69) is 15.4 Å². The molecule has 0 aliphatic carbocycles. The van der Waals surface area contributed by atoms with Crippen molar-refractivity contribution in [2.75, 3.05) is 13.7 Å². The molecule has 3 N–H and O–H groups in total. The third-order valence-corrected chi connectivity index (χ3v) is 2.91. The fraction of sp³-hybridized carbons (Fsp3) is 0.800. The van der Waals surface area contributed by atoms with Crippen LogP contribution >= 0.6 is 0 Å². The molecule has 0 radical (unpaired) electrons. The van der Waals surface area contributed by atoms with Crippen LogP contribution < -0.4 is 10.6 Å². The Morgan fingerprint density at radius 2 is 1.78 bits per heavy atom. The Bertz CT molecular complexity index is 405. The summed E-state index contributed by atoms with van der Waals surface area (Å²) in [4.78, 5) is 33.9. The molecule has 1 unspecified atom stereocenters. The van der Waals surface area contributed by atoms with Crippen LogP contribution in [0, 0.1) is 0 Å². The van der Waals surface area contributed by atoms with Gasteiger partial charge in [0.05, 0.1) is 7.11 Å². The summed E-state index contributed by atoms with van der Waals surface area (Å²) in [5.41, 5.74) is -0.679. The molecule has 0 aliphatic heterocycles. The van der Waals surface area contributed by atoms with Gasteiger partial charge >= 0.3 is 18.0 Å². The van der Waals surface area contributed by atoms with Crippen LogP contribution in [0.5, 0.6) is 0 Å². The van der Waals surface area contributed by atoms with Gasteiger partial charge in [-0.05, 0) is 53.5 Å². The van der Waals surface area contributed by atoms with Gasteiger partial charge in [-0.15, -0.1) is 0 Å². The molecule has 0 fully saturated rings. The van der Waals surface area contributed by atoms with Crippen molar-refractivity contribution in [1.82, 2.24) is 10.6 Å². The maximum absolute atomic E-state index is 11.6. The molecule has 0 bridgehead atoms. The van der Waals surface area contributed by atoms with Crippen LogP contribution in [-0.4, -0.2) is 54.5 Å². The van der Waals surface area contributed by atoms with Crippen molar-refractivity contribution in [2.45, 2.75) is 64.6 Å². The van der Waals surface area contributed by atoms with E-state index in [1.807, 2.05) is 0 Å². The standard InChI is InChI=1S/C15H28N2O6/c1-10(13(20)22-5)16-9-7-6-8-11(12(18)19)17-14(21)23-15(2,3)4/h10-11,16H,6-9H2,1-5H3,(H,17,21)(H,18,19)/t10?,11-/m0/s1. The van der Waals surface area contributed by atoms with E-state index in [1.54, 1.807) is 27.7 Å². The first-order chi connectivity index (χ1) is 10.6. The fourth-order valence-electron chi connectivity index (χ4n) is 1.76. The number of carboxylic acids is 1. The lowest BCUT2D eigenvalue weighted by Gasteiger charge is -2.22. The van der Waals surface area contributed by atoms with E-state index >= 15 is 0 Å². The molecule has 1 amide bonds. The lowest BCUT2D eigenvalue weighted by atomic mass is 10.1. The second kappa shape index (κ2) is 10.0. The third-order valence-electron chi connectivity index (χ3n) is 2.91. The van der Waals surface area contributed by atoms with E-state index in [0.717, 1.165) is 0 Å². The molecule has 0 saturated heterocycles. The van der Waals surface area contributed by atoms with E-state index < -0.39 is 29.7 Å². The summed E-state index contributed by atoms with van der Waals surface area (Å²) < 4.78 is 9.62. The first kappa shape index (κ1) is 21.2. The summed E-state index contributed by atoms with van der Waals surface area (Å²) >= 11 is 0. The number of methoxy groups -OCH3 is 1. The number of ether oxygens (including phenoxy) is 2. The zero-order valence-corrected chi connectivity index (χ0v) is 14.5. The summed E-state index contributed by atoms with van der Waals surface area (Å²) in [7, 11) is 1.32.